The fraction of sp³-hybridized carbons (Fsp3) is 0.556. The molecule has 0 atom stereocenters. The van der Waals surface area contributed by atoms with Gasteiger partial charge in [-0.05, 0) is 28.8 Å². The van der Waals surface area contributed by atoms with E-state index in [-0.39, 0.29) is 0 Å². The number of aromatic nitrogens is 2. The molecule has 0 unspecified atom stereocenters. The monoisotopic (exact) mass is 257 g/mol. The van der Waals surface area contributed by atoms with Gasteiger partial charge in [-0.3, -0.25) is 0 Å². The van der Waals surface area contributed by atoms with Crippen molar-refractivity contribution in [1.82, 2.24) is 9.97 Å². The predicted octanol–water partition coefficient (Wildman–Crippen LogP) is 1.85. The number of nitrogens with zero attached hydrogens (tertiary/aromatic N) is 3. The number of methoxy groups -OCH3 is 1. The maximum atomic E-state index is 5.11. The summed E-state index contributed by atoms with van der Waals surface area (Å²) in [6, 6.07) is 0.612. The molecule has 1 aromatic rings. The minimum Gasteiger partial charge on any atom is -0.480 e. The molecule has 0 radical (unpaired) electrons. The van der Waals surface area contributed by atoms with Crippen LogP contribution in [0.5, 0.6) is 5.88 Å². The smallest absolute Gasteiger partial charge is 0.232 e. The predicted molar refractivity (Wildman–Crippen MR) is 57.7 cm³/mol. The van der Waals surface area contributed by atoms with Gasteiger partial charge in [0, 0.05) is 13.1 Å². The Morgan fingerprint density at radius 2 is 2.29 bits per heavy atom. The Hall–Kier alpha value is -0.840. The molecule has 0 bridgehead atoms. The molecule has 4 nitrogen and oxygen atoms in total. The van der Waals surface area contributed by atoms with Crippen molar-refractivity contribution in [3.05, 3.63) is 10.7 Å². The molecule has 0 N–H and O–H groups in total. The summed E-state index contributed by atoms with van der Waals surface area (Å²) in [4.78, 5) is 10.6. The van der Waals surface area contributed by atoms with Gasteiger partial charge < -0.3 is 9.64 Å². The van der Waals surface area contributed by atoms with E-state index in [0.717, 1.165) is 10.4 Å². The summed E-state index contributed by atoms with van der Waals surface area (Å²) in [5.74, 6) is 1.31. The van der Waals surface area contributed by atoms with Gasteiger partial charge in [0.25, 0.3) is 0 Å². The van der Waals surface area contributed by atoms with Crippen molar-refractivity contribution >= 4 is 21.9 Å². The van der Waals surface area contributed by atoms with Crippen molar-refractivity contribution in [2.75, 3.05) is 19.1 Å². The normalized spacial score (nSPS) is 15.4. The fourth-order valence-electron chi connectivity index (χ4n) is 1.28. The van der Waals surface area contributed by atoms with E-state index in [1.807, 2.05) is 7.05 Å². The SMILES string of the molecule is COc1nc(N(C)C2CC2)ncc1Br. The largest absolute Gasteiger partial charge is 0.480 e. The average molecular weight is 258 g/mol. The molecule has 1 fully saturated rings. The van der Waals surface area contributed by atoms with Gasteiger partial charge >= 0.3 is 0 Å². The first-order chi connectivity index (χ1) is 6.72. The van der Waals surface area contributed by atoms with Crippen LogP contribution < -0.4 is 9.64 Å². The molecule has 1 aliphatic carbocycles. The van der Waals surface area contributed by atoms with Crippen LogP contribution in [0, 0.1) is 0 Å². The number of rotatable bonds is 3. The third-order valence-electron chi connectivity index (χ3n) is 2.30. The topological polar surface area (TPSA) is 38.2 Å². The lowest BCUT2D eigenvalue weighted by Gasteiger charge is -2.16. The quantitative estimate of drug-likeness (QED) is 0.829. The first kappa shape index (κ1) is 9.71. The summed E-state index contributed by atoms with van der Waals surface area (Å²) in [5.41, 5.74) is 0. The molecule has 0 saturated heterocycles. The molecule has 0 amide bonds. The molecule has 1 saturated carbocycles. The first-order valence-corrected chi connectivity index (χ1v) is 5.31. The highest BCUT2D eigenvalue weighted by Crippen LogP contribution is 2.30. The number of ether oxygens (including phenoxy) is 1. The lowest BCUT2D eigenvalue weighted by molar-refractivity contribution is 0.394. The zero-order valence-corrected chi connectivity index (χ0v) is 9.78. The summed E-state index contributed by atoms with van der Waals surface area (Å²) in [6.45, 7) is 0. The van der Waals surface area contributed by atoms with Crippen molar-refractivity contribution in [3.63, 3.8) is 0 Å². The average Bonchev–Trinajstić information content (AvgIpc) is 3.01. The Bertz CT molecular complexity index is 341. The van der Waals surface area contributed by atoms with Gasteiger partial charge in [0.1, 0.15) is 0 Å². The van der Waals surface area contributed by atoms with Crippen molar-refractivity contribution < 1.29 is 4.74 Å². The minimum atomic E-state index is 0.586. The van der Waals surface area contributed by atoms with Crippen LogP contribution >= 0.6 is 15.9 Å². The summed E-state index contributed by atoms with van der Waals surface area (Å²) in [6.07, 6.45) is 4.19. The van der Waals surface area contributed by atoms with E-state index < -0.39 is 0 Å². The number of hydrogen-bond donors (Lipinski definition) is 0. The van der Waals surface area contributed by atoms with E-state index in [0.29, 0.717) is 11.9 Å². The second kappa shape index (κ2) is 3.73. The van der Waals surface area contributed by atoms with E-state index in [1.54, 1.807) is 13.3 Å². The van der Waals surface area contributed by atoms with Gasteiger partial charge in [-0.25, -0.2) is 4.98 Å². The van der Waals surface area contributed by atoms with Crippen LogP contribution in [-0.2, 0) is 0 Å². The zero-order chi connectivity index (χ0) is 10.1. The number of anilines is 1. The molecule has 5 heteroatoms. The Kier molecular flexibility index (Phi) is 2.58. The minimum absolute atomic E-state index is 0.586. The summed E-state index contributed by atoms with van der Waals surface area (Å²) in [7, 11) is 3.62. The van der Waals surface area contributed by atoms with Crippen molar-refractivity contribution in [3.8, 4) is 5.88 Å². The number of halogens is 1. The summed E-state index contributed by atoms with van der Waals surface area (Å²) >= 11 is 3.32. The Morgan fingerprint density at radius 1 is 1.57 bits per heavy atom. The van der Waals surface area contributed by atoms with Gasteiger partial charge in [-0.1, -0.05) is 0 Å². The highest BCUT2D eigenvalue weighted by atomic mass is 79.9. The van der Waals surface area contributed by atoms with Gasteiger partial charge in [0.15, 0.2) is 0 Å². The third-order valence-corrected chi connectivity index (χ3v) is 2.85. The van der Waals surface area contributed by atoms with Crippen LogP contribution in [0.2, 0.25) is 0 Å². The van der Waals surface area contributed by atoms with Crippen molar-refractivity contribution in [2.24, 2.45) is 0 Å². The van der Waals surface area contributed by atoms with Crippen LogP contribution in [0.3, 0.4) is 0 Å². The standard InChI is InChI=1S/C9H12BrN3O/c1-13(6-3-4-6)9-11-5-7(10)8(12-9)14-2/h5-6H,3-4H2,1-2H3. The van der Waals surface area contributed by atoms with Crippen LogP contribution in [-0.4, -0.2) is 30.2 Å². The Morgan fingerprint density at radius 3 is 2.86 bits per heavy atom. The van der Waals surface area contributed by atoms with Crippen LogP contribution in [0.15, 0.2) is 10.7 Å². The maximum Gasteiger partial charge on any atom is 0.232 e. The highest BCUT2D eigenvalue weighted by molar-refractivity contribution is 9.10. The lowest BCUT2D eigenvalue weighted by atomic mass is 10.5. The van der Waals surface area contributed by atoms with Crippen LogP contribution in [0.1, 0.15) is 12.8 Å². The van der Waals surface area contributed by atoms with Gasteiger partial charge in [-0.2, -0.15) is 4.98 Å². The molecule has 0 aliphatic heterocycles. The summed E-state index contributed by atoms with van der Waals surface area (Å²) < 4.78 is 5.90. The number of hydrogen-bond acceptors (Lipinski definition) is 4. The first-order valence-electron chi connectivity index (χ1n) is 4.51. The van der Waals surface area contributed by atoms with Crippen molar-refractivity contribution in [2.45, 2.75) is 18.9 Å². The van der Waals surface area contributed by atoms with Crippen molar-refractivity contribution in [1.29, 1.82) is 0 Å². The molecule has 1 aliphatic rings. The molecular weight excluding hydrogens is 246 g/mol. The van der Waals surface area contributed by atoms with Crippen LogP contribution in [0.4, 0.5) is 5.95 Å². The fourth-order valence-corrected chi connectivity index (χ4v) is 1.63. The molecule has 14 heavy (non-hydrogen) atoms. The van der Waals surface area contributed by atoms with Gasteiger partial charge in [-0.15, -0.1) is 0 Å². The van der Waals surface area contributed by atoms with Gasteiger partial charge in [0.2, 0.25) is 11.8 Å². The molecule has 0 aromatic carbocycles. The second-order valence-electron chi connectivity index (χ2n) is 3.37. The highest BCUT2D eigenvalue weighted by Gasteiger charge is 2.28. The third kappa shape index (κ3) is 1.82. The zero-order valence-electron chi connectivity index (χ0n) is 8.20. The molecule has 1 heterocycles. The second-order valence-corrected chi connectivity index (χ2v) is 4.22. The lowest BCUT2D eigenvalue weighted by Crippen LogP contribution is -2.22. The molecular formula is C9H12BrN3O. The van der Waals surface area contributed by atoms with E-state index in [9.17, 15) is 0 Å². The summed E-state index contributed by atoms with van der Waals surface area (Å²) in [5, 5.41) is 0. The van der Waals surface area contributed by atoms with Crippen LogP contribution in [0.25, 0.3) is 0 Å². The Labute approximate surface area is 91.4 Å². The Balaban J connectivity index is 2.25. The van der Waals surface area contributed by atoms with Gasteiger partial charge in [0.05, 0.1) is 17.8 Å². The van der Waals surface area contributed by atoms with E-state index in [2.05, 4.69) is 30.8 Å². The van der Waals surface area contributed by atoms with E-state index >= 15 is 0 Å². The molecule has 1 aromatic heterocycles. The molecule has 76 valence electrons. The van der Waals surface area contributed by atoms with E-state index in [4.69, 9.17) is 4.74 Å². The molecule has 0 spiro atoms. The van der Waals surface area contributed by atoms with E-state index in [1.165, 1.54) is 12.8 Å². The maximum absolute atomic E-state index is 5.11. The molecule has 2 rings (SSSR count).